The Balaban J connectivity index is 1.82. The molecule has 124 valence electrons. The van der Waals surface area contributed by atoms with Crippen molar-refractivity contribution < 1.29 is 28.6 Å². The van der Waals surface area contributed by atoms with Crippen molar-refractivity contribution in [1.82, 2.24) is 14.5 Å². The average molecular weight is 361 g/mol. The zero-order valence-electron chi connectivity index (χ0n) is 11.6. The van der Waals surface area contributed by atoms with E-state index in [4.69, 9.17) is 19.5 Å². The minimum Gasteiger partial charge on any atom is -0.387 e. The van der Waals surface area contributed by atoms with Gasteiger partial charge >= 0.3 is 18.9 Å². The number of rotatable bonds is 5. The molecule has 1 fully saturated rings. The molecule has 3 heterocycles. The SMILES string of the molecule is Nc1ncnc2c1ccn2[C@@H]1O[C@H](CO[P+](=O)SO)[C@@H](O)[C@H]1O. The summed E-state index contributed by atoms with van der Waals surface area (Å²) >= 11 is 0.0635. The van der Waals surface area contributed by atoms with Gasteiger partial charge in [-0.25, -0.2) is 9.97 Å². The molecule has 12 heteroatoms. The lowest BCUT2D eigenvalue weighted by Crippen LogP contribution is -2.33. The van der Waals surface area contributed by atoms with Gasteiger partial charge in [0.25, 0.3) is 0 Å². The summed E-state index contributed by atoms with van der Waals surface area (Å²) in [4.78, 5) is 7.98. The average Bonchev–Trinajstić information content (AvgIpc) is 3.09. The second-order valence-corrected chi connectivity index (χ2v) is 7.12. The maximum absolute atomic E-state index is 11.1. The number of ether oxygens (including phenoxy) is 1. The predicted octanol–water partition coefficient (Wildman–Crippen LogP) is 0.513. The van der Waals surface area contributed by atoms with Gasteiger partial charge < -0.3 is 25.3 Å². The molecule has 0 radical (unpaired) electrons. The first kappa shape index (κ1) is 16.5. The Bertz CT molecular complexity index is 730. The summed E-state index contributed by atoms with van der Waals surface area (Å²) in [5, 5.41) is 20.8. The van der Waals surface area contributed by atoms with Gasteiger partial charge in [0.2, 0.25) is 0 Å². The molecule has 5 N–H and O–H groups in total. The van der Waals surface area contributed by atoms with E-state index in [0.29, 0.717) is 16.9 Å². The fourth-order valence-corrected chi connectivity index (χ4v) is 3.09. The van der Waals surface area contributed by atoms with E-state index in [2.05, 4.69) is 9.97 Å². The third-order valence-corrected chi connectivity index (χ3v) is 4.77. The number of aliphatic hydroxyl groups excluding tert-OH is 2. The predicted molar refractivity (Wildman–Crippen MR) is 81.6 cm³/mol. The van der Waals surface area contributed by atoms with E-state index >= 15 is 0 Å². The van der Waals surface area contributed by atoms with E-state index in [1.807, 2.05) is 0 Å². The monoisotopic (exact) mass is 361 g/mol. The molecule has 2 aromatic heterocycles. The fraction of sp³-hybridized carbons (Fsp3) is 0.455. The molecular formula is C11H14N4O6PS+. The minimum absolute atomic E-state index is 0.0635. The van der Waals surface area contributed by atoms with E-state index in [-0.39, 0.29) is 18.3 Å². The Hall–Kier alpha value is -1.33. The second-order valence-electron chi connectivity index (χ2n) is 4.87. The highest BCUT2D eigenvalue weighted by Gasteiger charge is 2.45. The molecular weight excluding hydrogens is 347 g/mol. The van der Waals surface area contributed by atoms with Gasteiger partial charge in [-0.3, -0.25) is 4.55 Å². The maximum atomic E-state index is 11.1. The number of hydrogen-bond donors (Lipinski definition) is 4. The summed E-state index contributed by atoms with van der Waals surface area (Å²) in [5.41, 5.74) is 6.21. The molecule has 1 saturated heterocycles. The highest BCUT2D eigenvalue weighted by Crippen LogP contribution is 2.38. The topological polar surface area (TPSA) is 153 Å². The largest absolute Gasteiger partial charge is 0.616 e. The molecule has 0 aliphatic carbocycles. The molecule has 0 saturated carbocycles. The molecule has 3 rings (SSSR count). The molecule has 0 spiro atoms. The third-order valence-electron chi connectivity index (χ3n) is 3.56. The van der Waals surface area contributed by atoms with Gasteiger partial charge in [-0.1, -0.05) is 0 Å². The number of aromatic nitrogens is 3. The van der Waals surface area contributed by atoms with E-state index in [1.54, 1.807) is 12.3 Å². The van der Waals surface area contributed by atoms with Gasteiger partial charge in [0.15, 0.2) is 6.23 Å². The van der Waals surface area contributed by atoms with Crippen molar-refractivity contribution in [2.45, 2.75) is 24.5 Å². The molecule has 1 unspecified atom stereocenters. The van der Waals surface area contributed by atoms with Gasteiger partial charge in [0.1, 0.15) is 42.7 Å². The first-order valence-corrected chi connectivity index (χ1v) is 9.09. The van der Waals surface area contributed by atoms with Crippen LogP contribution in [-0.2, 0) is 13.8 Å². The van der Waals surface area contributed by atoms with Crippen molar-refractivity contribution in [3.8, 4) is 0 Å². The van der Waals surface area contributed by atoms with E-state index in [0.717, 1.165) is 0 Å². The quantitative estimate of drug-likeness (QED) is 0.437. The number of hydrogen-bond acceptors (Lipinski definition) is 10. The van der Waals surface area contributed by atoms with Crippen LogP contribution >= 0.6 is 18.9 Å². The first-order valence-electron chi connectivity index (χ1n) is 6.53. The standard InChI is InChI=1S/C11H13N4O6PS/c12-9-5-1-2-15(10(5)14-4-13-9)11-8(17)7(16)6(21-11)3-20-22(18)23-19/h1-2,4,6-8,11,16-17H,3H2,(H2-,12,13,14,19)/p+1/t6-,7-,8-,11-/m1/s1. The van der Waals surface area contributed by atoms with Crippen LogP contribution in [0.3, 0.4) is 0 Å². The zero-order chi connectivity index (χ0) is 16.6. The van der Waals surface area contributed by atoms with Crippen molar-refractivity contribution in [3.05, 3.63) is 18.6 Å². The summed E-state index contributed by atoms with van der Waals surface area (Å²) < 4.78 is 31.6. The van der Waals surface area contributed by atoms with Gasteiger partial charge in [-0.05, 0) is 10.6 Å². The summed E-state index contributed by atoms with van der Waals surface area (Å²) in [6.07, 6.45) is -1.40. The van der Waals surface area contributed by atoms with Crippen LogP contribution in [0.25, 0.3) is 11.0 Å². The van der Waals surface area contributed by atoms with Gasteiger partial charge in [0, 0.05) is 6.20 Å². The molecule has 2 aromatic rings. The van der Waals surface area contributed by atoms with E-state index in [9.17, 15) is 14.8 Å². The van der Waals surface area contributed by atoms with Crippen LogP contribution in [0.2, 0.25) is 0 Å². The van der Waals surface area contributed by atoms with E-state index < -0.39 is 31.8 Å². The Labute approximate surface area is 135 Å². The molecule has 0 bridgehead atoms. The maximum Gasteiger partial charge on any atom is 0.616 e. The molecule has 5 atom stereocenters. The lowest BCUT2D eigenvalue weighted by Gasteiger charge is -2.17. The van der Waals surface area contributed by atoms with Crippen LogP contribution in [0.4, 0.5) is 5.82 Å². The first-order chi connectivity index (χ1) is 11.0. The highest BCUT2D eigenvalue weighted by molar-refractivity contribution is 8.47. The Kier molecular flexibility index (Phi) is 4.78. The van der Waals surface area contributed by atoms with Crippen LogP contribution < -0.4 is 5.73 Å². The normalized spacial score (nSPS) is 28.4. The lowest BCUT2D eigenvalue weighted by molar-refractivity contribution is -0.0460. The molecule has 10 nitrogen and oxygen atoms in total. The van der Waals surface area contributed by atoms with Crippen molar-refractivity contribution >= 4 is 35.7 Å². The van der Waals surface area contributed by atoms with Gasteiger partial charge in [0.05, 0.1) is 5.39 Å². The summed E-state index contributed by atoms with van der Waals surface area (Å²) in [6, 6.07) is 1.68. The third kappa shape index (κ3) is 3.04. The summed E-state index contributed by atoms with van der Waals surface area (Å²) in [5.74, 6) is 0.290. The molecule has 23 heavy (non-hydrogen) atoms. The van der Waals surface area contributed by atoms with Crippen molar-refractivity contribution in [3.63, 3.8) is 0 Å². The van der Waals surface area contributed by atoms with Crippen molar-refractivity contribution in [2.24, 2.45) is 0 Å². The Morgan fingerprint density at radius 2 is 2.22 bits per heavy atom. The number of aliphatic hydroxyl groups is 2. The molecule has 1 aliphatic heterocycles. The lowest BCUT2D eigenvalue weighted by atomic mass is 10.1. The Morgan fingerprint density at radius 3 is 2.96 bits per heavy atom. The summed E-state index contributed by atoms with van der Waals surface area (Å²) in [7, 11) is -2.31. The zero-order valence-corrected chi connectivity index (χ0v) is 13.3. The van der Waals surface area contributed by atoms with Crippen LogP contribution in [0, 0.1) is 0 Å². The second kappa shape index (κ2) is 6.65. The van der Waals surface area contributed by atoms with Crippen LogP contribution in [0.5, 0.6) is 0 Å². The van der Waals surface area contributed by atoms with Crippen molar-refractivity contribution in [1.29, 1.82) is 0 Å². The number of nitrogen functional groups attached to an aromatic ring is 1. The van der Waals surface area contributed by atoms with E-state index in [1.165, 1.54) is 10.9 Å². The fourth-order valence-electron chi connectivity index (χ4n) is 2.45. The molecule has 0 amide bonds. The number of fused-ring (bicyclic) bond motifs is 1. The number of nitrogens with two attached hydrogens (primary N) is 1. The van der Waals surface area contributed by atoms with Crippen LogP contribution in [0.15, 0.2) is 18.6 Å². The van der Waals surface area contributed by atoms with Gasteiger partial charge in [-0.2, -0.15) is 0 Å². The summed E-state index contributed by atoms with van der Waals surface area (Å²) in [6.45, 7) is -0.242. The van der Waals surface area contributed by atoms with Crippen LogP contribution in [0.1, 0.15) is 6.23 Å². The molecule has 1 aliphatic rings. The Morgan fingerprint density at radius 1 is 1.43 bits per heavy atom. The number of anilines is 1. The highest BCUT2D eigenvalue weighted by atomic mass is 32.7. The number of nitrogens with zero attached hydrogens (tertiary/aromatic N) is 3. The minimum atomic E-state index is -2.31. The van der Waals surface area contributed by atoms with Crippen LogP contribution in [-0.4, -0.2) is 54.2 Å². The molecule has 0 aromatic carbocycles. The van der Waals surface area contributed by atoms with Crippen molar-refractivity contribution in [2.75, 3.05) is 12.3 Å². The van der Waals surface area contributed by atoms with Gasteiger partial charge in [-0.15, -0.1) is 4.52 Å². The smallest absolute Gasteiger partial charge is 0.387 e.